The second kappa shape index (κ2) is 6.80. The van der Waals surface area contributed by atoms with Crippen LogP contribution in [-0.2, 0) is 14.3 Å². The van der Waals surface area contributed by atoms with E-state index in [-0.39, 0.29) is 18.1 Å². The molecule has 128 valence electrons. The minimum absolute atomic E-state index is 0.0973. The fourth-order valence-corrected chi connectivity index (χ4v) is 3.38. The van der Waals surface area contributed by atoms with Gasteiger partial charge >= 0.3 is 0 Å². The van der Waals surface area contributed by atoms with Crippen molar-refractivity contribution in [2.45, 2.75) is 17.9 Å². The van der Waals surface area contributed by atoms with E-state index in [4.69, 9.17) is 36.9 Å². The second-order valence-electron chi connectivity index (χ2n) is 5.32. The fourth-order valence-electron chi connectivity index (χ4n) is 2.13. The van der Waals surface area contributed by atoms with Gasteiger partial charge < -0.3 is 9.47 Å². The Hall–Kier alpha value is -1.47. The minimum Gasteiger partial charge on any atom is -0.486 e. The van der Waals surface area contributed by atoms with Gasteiger partial charge in [-0.15, -0.1) is 0 Å². The summed E-state index contributed by atoms with van der Waals surface area (Å²) in [5.74, 6) is 0.860. The van der Waals surface area contributed by atoms with Gasteiger partial charge in [-0.05, 0) is 19.1 Å². The predicted molar refractivity (Wildman–Crippen MR) is 90.7 cm³/mol. The molecular weight excluding hydrogens is 375 g/mol. The molecule has 0 saturated carbocycles. The lowest BCUT2D eigenvalue weighted by Crippen LogP contribution is -2.34. The van der Waals surface area contributed by atoms with E-state index in [2.05, 4.69) is 0 Å². The molecule has 1 heterocycles. The Morgan fingerprint density at radius 3 is 2.42 bits per heavy atom. The molecule has 0 saturated heterocycles. The van der Waals surface area contributed by atoms with Crippen molar-refractivity contribution < 1.29 is 22.1 Å². The maximum Gasteiger partial charge on any atom is 0.297 e. The number of aryl methyl sites for hydroxylation is 1. The third-order valence-corrected chi connectivity index (χ3v) is 5.44. The summed E-state index contributed by atoms with van der Waals surface area (Å²) < 4.78 is 40.6. The van der Waals surface area contributed by atoms with Gasteiger partial charge in [0.1, 0.15) is 13.2 Å². The number of hydrogen-bond donors (Lipinski definition) is 0. The SMILES string of the molecule is Cc1ccc(S(=O)(=O)OCC2COc3cc(Cl)c(Cl)cc3O2)cc1. The number of rotatable bonds is 4. The number of fused-ring (bicyclic) bond motifs is 1. The van der Waals surface area contributed by atoms with Gasteiger partial charge in [0.15, 0.2) is 17.6 Å². The molecule has 1 aliphatic heterocycles. The summed E-state index contributed by atoms with van der Waals surface area (Å²) in [6, 6.07) is 9.50. The van der Waals surface area contributed by atoms with Gasteiger partial charge in [-0.25, -0.2) is 0 Å². The second-order valence-corrected chi connectivity index (χ2v) is 7.75. The van der Waals surface area contributed by atoms with Gasteiger partial charge in [-0.1, -0.05) is 40.9 Å². The van der Waals surface area contributed by atoms with E-state index < -0.39 is 16.2 Å². The van der Waals surface area contributed by atoms with E-state index in [1.165, 1.54) is 18.2 Å². The molecule has 0 spiro atoms. The topological polar surface area (TPSA) is 61.8 Å². The summed E-state index contributed by atoms with van der Waals surface area (Å²) in [5, 5.41) is 0.684. The van der Waals surface area contributed by atoms with Crippen molar-refractivity contribution in [1.29, 1.82) is 0 Å². The molecule has 0 bridgehead atoms. The molecule has 2 aromatic carbocycles. The number of benzene rings is 2. The van der Waals surface area contributed by atoms with Crippen LogP contribution >= 0.6 is 23.2 Å². The van der Waals surface area contributed by atoms with Crippen molar-refractivity contribution in [2.24, 2.45) is 0 Å². The highest BCUT2D eigenvalue weighted by molar-refractivity contribution is 7.86. The van der Waals surface area contributed by atoms with E-state index in [0.717, 1.165) is 5.56 Å². The lowest BCUT2D eigenvalue weighted by Gasteiger charge is -2.26. The molecule has 0 fully saturated rings. The third-order valence-electron chi connectivity index (χ3n) is 3.42. The summed E-state index contributed by atoms with van der Waals surface area (Å²) in [7, 11) is -3.85. The number of hydrogen-bond acceptors (Lipinski definition) is 5. The van der Waals surface area contributed by atoms with Gasteiger partial charge in [-0.2, -0.15) is 8.42 Å². The van der Waals surface area contributed by atoms with Crippen LogP contribution in [0.5, 0.6) is 11.5 Å². The van der Waals surface area contributed by atoms with Crippen LogP contribution in [0, 0.1) is 6.92 Å². The molecule has 0 radical (unpaired) electrons. The average molecular weight is 389 g/mol. The van der Waals surface area contributed by atoms with E-state index in [9.17, 15) is 8.42 Å². The maximum absolute atomic E-state index is 12.2. The van der Waals surface area contributed by atoms with Crippen LogP contribution in [0.2, 0.25) is 10.0 Å². The number of ether oxygens (including phenoxy) is 2. The molecule has 5 nitrogen and oxygen atoms in total. The van der Waals surface area contributed by atoms with Crippen LogP contribution < -0.4 is 9.47 Å². The minimum atomic E-state index is -3.85. The van der Waals surface area contributed by atoms with Crippen LogP contribution in [0.1, 0.15) is 5.56 Å². The van der Waals surface area contributed by atoms with Crippen molar-refractivity contribution in [3.05, 3.63) is 52.0 Å². The summed E-state index contributed by atoms with van der Waals surface area (Å²) in [6.07, 6.45) is -0.574. The Morgan fingerprint density at radius 1 is 1.12 bits per heavy atom. The Kier molecular flexibility index (Phi) is 4.92. The summed E-state index contributed by atoms with van der Waals surface area (Å²) >= 11 is 11.9. The summed E-state index contributed by atoms with van der Waals surface area (Å²) in [4.78, 5) is 0.0973. The molecule has 3 rings (SSSR count). The van der Waals surface area contributed by atoms with Crippen LogP contribution in [0.25, 0.3) is 0 Å². The molecule has 0 N–H and O–H groups in total. The van der Waals surface area contributed by atoms with Crippen molar-refractivity contribution >= 4 is 33.3 Å². The Labute approximate surface area is 150 Å². The van der Waals surface area contributed by atoms with Crippen LogP contribution in [-0.4, -0.2) is 27.7 Å². The van der Waals surface area contributed by atoms with Gasteiger partial charge in [0.25, 0.3) is 10.1 Å². The zero-order valence-corrected chi connectivity index (χ0v) is 15.0. The third kappa shape index (κ3) is 3.78. The standard InChI is InChI=1S/C16H14Cl2O5S/c1-10-2-4-12(5-3-10)24(19,20)22-9-11-8-21-15-6-13(17)14(18)7-16(15)23-11/h2-7,11H,8-9H2,1H3. The molecule has 1 atom stereocenters. The smallest absolute Gasteiger partial charge is 0.297 e. The highest BCUT2D eigenvalue weighted by Crippen LogP contribution is 2.38. The van der Waals surface area contributed by atoms with Gasteiger partial charge in [0.2, 0.25) is 0 Å². The monoisotopic (exact) mass is 388 g/mol. The predicted octanol–water partition coefficient (Wildman–Crippen LogP) is 3.85. The van der Waals surface area contributed by atoms with E-state index >= 15 is 0 Å². The van der Waals surface area contributed by atoms with Crippen LogP contribution in [0.4, 0.5) is 0 Å². The molecule has 8 heteroatoms. The lowest BCUT2D eigenvalue weighted by atomic mass is 10.2. The van der Waals surface area contributed by atoms with Crippen molar-refractivity contribution in [3.8, 4) is 11.5 Å². The highest BCUT2D eigenvalue weighted by Gasteiger charge is 2.25. The maximum atomic E-state index is 12.2. The van der Waals surface area contributed by atoms with Gasteiger partial charge in [0, 0.05) is 12.1 Å². The Morgan fingerprint density at radius 2 is 1.75 bits per heavy atom. The van der Waals surface area contributed by atoms with Crippen LogP contribution in [0.3, 0.4) is 0 Å². The van der Waals surface area contributed by atoms with Crippen LogP contribution in [0.15, 0.2) is 41.3 Å². The zero-order valence-electron chi connectivity index (χ0n) is 12.7. The normalized spacial score (nSPS) is 16.9. The van der Waals surface area contributed by atoms with E-state index in [1.807, 2.05) is 6.92 Å². The molecule has 24 heavy (non-hydrogen) atoms. The first-order valence-electron chi connectivity index (χ1n) is 7.10. The molecule has 2 aromatic rings. The molecule has 1 unspecified atom stereocenters. The zero-order chi connectivity index (χ0) is 17.3. The summed E-state index contributed by atoms with van der Waals surface area (Å²) in [6.45, 7) is 1.85. The van der Waals surface area contributed by atoms with Gasteiger partial charge in [0.05, 0.1) is 14.9 Å². The molecule has 0 amide bonds. The van der Waals surface area contributed by atoms with E-state index in [1.54, 1.807) is 18.2 Å². The molecular formula is C16H14Cl2O5S. The van der Waals surface area contributed by atoms with Crippen molar-refractivity contribution in [3.63, 3.8) is 0 Å². The molecule has 0 aromatic heterocycles. The Bertz CT molecular complexity index is 850. The molecule has 1 aliphatic rings. The summed E-state index contributed by atoms with van der Waals surface area (Å²) in [5.41, 5.74) is 0.963. The lowest BCUT2D eigenvalue weighted by molar-refractivity contribution is 0.0555. The molecule has 0 aliphatic carbocycles. The van der Waals surface area contributed by atoms with Crippen molar-refractivity contribution in [2.75, 3.05) is 13.2 Å². The first kappa shape index (κ1) is 17.4. The Balaban J connectivity index is 1.67. The first-order valence-corrected chi connectivity index (χ1v) is 9.26. The largest absolute Gasteiger partial charge is 0.486 e. The average Bonchev–Trinajstić information content (AvgIpc) is 2.54. The fraction of sp³-hybridized carbons (Fsp3) is 0.250. The number of halogens is 2. The highest BCUT2D eigenvalue weighted by atomic mass is 35.5. The quantitative estimate of drug-likeness (QED) is 0.744. The van der Waals surface area contributed by atoms with E-state index in [0.29, 0.717) is 21.5 Å². The van der Waals surface area contributed by atoms with Crippen molar-refractivity contribution in [1.82, 2.24) is 0 Å². The van der Waals surface area contributed by atoms with Gasteiger partial charge in [-0.3, -0.25) is 4.18 Å². The first-order chi connectivity index (χ1) is 11.3.